The molecule has 0 saturated carbocycles. The number of piperidine rings is 2. The smallest absolute Gasteiger partial charge is 0.225 e. The number of amides is 1. The molecule has 0 N–H and O–H groups in total. The van der Waals surface area contributed by atoms with E-state index in [1.807, 2.05) is 17.3 Å². The highest BCUT2D eigenvalue weighted by Gasteiger charge is 2.32. The van der Waals surface area contributed by atoms with E-state index < -0.39 is 0 Å². The van der Waals surface area contributed by atoms with Gasteiger partial charge in [0, 0.05) is 43.9 Å². The monoisotopic (exact) mass is 438 g/mol. The summed E-state index contributed by atoms with van der Waals surface area (Å²) in [5, 5.41) is 4.23. The summed E-state index contributed by atoms with van der Waals surface area (Å²) in [5.41, 5.74) is 2.98. The van der Waals surface area contributed by atoms with Gasteiger partial charge in [0.25, 0.3) is 0 Å². The van der Waals surface area contributed by atoms with Gasteiger partial charge in [0.15, 0.2) is 0 Å². The molecule has 0 unspecified atom stereocenters. The lowest BCUT2D eigenvalue weighted by molar-refractivity contribution is -0.138. The lowest BCUT2D eigenvalue weighted by Crippen LogP contribution is -2.46. The van der Waals surface area contributed by atoms with Crippen molar-refractivity contribution in [3.8, 4) is 0 Å². The van der Waals surface area contributed by atoms with Crippen molar-refractivity contribution in [3.05, 3.63) is 65.7 Å². The molecule has 2 fully saturated rings. The van der Waals surface area contributed by atoms with E-state index in [1.165, 1.54) is 24.8 Å². The van der Waals surface area contributed by atoms with Gasteiger partial charge >= 0.3 is 0 Å². The molecule has 170 valence electrons. The molecule has 0 aliphatic carbocycles. The fourth-order valence-corrected chi connectivity index (χ4v) is 4.80. The molecule has 1 amide bonds. The first-order chi connectivity index (χ1) is 15.6. The van der Waals surface area contributed by atoms with E-state index in [2.05, 4.69) is 27.2 Å². The number of carbonyl (C=O) groups excluding carboxylic acids is 1. The number of oxime groups is 1. The van der Waals surface area contributed by atoms with Crippen molar-refractivity contribution in [3.63, 3.8) is 0 Å². The van der Waals surface area contributed by atoms with Crippen LogP contribution in [0.15, 0.2) is 53.9 Å². The maximum Gasteiger partial charge on any atom is 0.225 e. The summed E-state index contributed by atoms with van der Waals surface area (Å²) in [5.74, 6) is 0.341. The van der Waals surface area contributed by atoms with Crippen LogP contribution in [0.2, 0.25) is 0 Å². The van der Waals surface area contributed by atoms with E-state index in [4.69, 9.17) is 4.84 Å². The molecule has 0 spiro atoms. The molecule has 0 radical (unpaired) electrons. The fraction of sp³-hybridized carbons (Fsp3) is 0.480. The molecule has 1 aromatic heterocycles. The zero-order valence-electron chi connectivity index (χ0n) is 18.6. The first-order valence-corrected chi connectivity index (χ1v) is 11.4. The Morgan fingerprint density at radius 2 is 1.62 bits per heavy atom. The quantitative estimate of drug-likeness (QED) is 0.510. The number of halogens is 1. The van der Waals surface area contributed by atoms with E-state index >= 15 is 0 Å². The second-order valence-electron chi connectivity index (χ2n) is 8.67. The number of hydrogen-bond donors (Lipinski definition) is 0. The van der Waals surface area contributed by atoms with Crippen molar-refractivity contribution >= 4 is 11.6 Å². The minimum absolute atomic E-state index is 0.115. The van der Waals surface area contributed by atoms with Gasteiger partial charge in [-0.1, -0.05) is 17.3 Å². The van der Waals surface area contributed by atoms with Crippen LogP contribution in [0.25, 0.3) is 0 Å². The average molecular weight is 439 g/mol. The number of hydrogen-bond acceptors (Lipinski definition) is 5. The van der Waals surface area contributed by atoms with E-state index in [9.17, 15) is 9.18 Å². The van der Waals surface area contributed by atoms with Crippen LogP contribution in [0.5, 0.6) is 0 Å². The van der Waals surface area contributed by atoms with Crippen LogP contribution in [-0.4, -0.2) is 59.7 Å². The van der Waals surface area contributed by atoms with Crippen LogP contribution in [-0.2, 0) is 16.2 Å². The van der Waals surface area contributed by atoms with Crippen LogP contribution < -0.4 is 0 Å². The fourth-order valence-electron chi connectivity index (χ4n) is 4.80. The standard InChI is InChI=1S/C25H31FN4O2/c1-32-28-24(20-2-4-23(26)5-3-20)21-10-16-30(17-11-21)25(31)22-8-14-29(15-9-22)18-19-6-12-27-13-7-19/h2-7,12-13,21-22H,8-11,14-18H2,1H3/b28-24+. The van der Waals surface area contributed by atoms with Gasteiger partial charge < -0.3 is 9.74 Å². The first kappa shape index (κ1) is 22.4. The van der Waals surface area contributed by atoms with Gasteiger partial charge in [-0.15, -0.1) is 0 Å². The largest absolute Gasteiger partial charge is 0.399 e. The third kappa shape index (κ3) is 5.51. The van der Waals surface area contributed by atoms with Crippen LogP contribution in [0.3, 0.4) is 0 Å². The summed E-state index contributed by atoms with van der Waals surface area (Å²) >= 11 is 0. The number of likely N-dealkylation sites (tertiary alicyclic amines) is 2. The summed E-state index contributed by atoms with van der Waals surface area (Å²) in [6, 6.07) is 10.5. The topological polar surface area (TPSA) is 58.0 Å². The van der Waals surface area contributed by atoms with Crippen molar-refractivity contribution in [1.29, 1.82) is 0 Å². The minimum Gasteiger partial charge on any atom is -0.399 e. The summed E-state index contributed by atoms with van der Waals surface area (Å²) in [4.78, 5) is 26.7. The number of pyridine rings is 1. The minimum atomic E-state index is -0.266. The first-order valence-electron chi connectivity index (χ1n) is 11.4. The Morgan fingerprint density at radius 3 is 2.25 bits per heavy atom. The van der Waals surface area contributed by atoms with Gasteiger partial charge in [-0.3, -0.25) is 14.7 Å². The third-order valence-corrected chi connectivity index (χ3v) is 6.62. The summed E-state index contributed by atoms with van der Waals surface area (Å²) in [6.45, 7) is 4.27. The van der Waals surface area contributed by atoms with Gasteiger partial charge in [0.05, 0.1) is 5.71 Å². The maximum atomic E-state index is 13.3. The van der Waals surface area contributed by atoms with Gasteiger partial charge in [0.2, 0.25) is 5.91 Å². The van der Waals surface area contributed by atoms with Crippen molar-refractivity contribution in [1.82, 2.24) is 14.8 Å². The molecule has 0 bridgehead atoms. The number of benzene rings is 1. The van der Waals surface area contributed by atoms with Crippen LogP contribution in [0, 0.1) is 17.7 Å². The molecule has 7 heteroatoms. The molecule has 32 heavy (non-hydrogen) atoms. The molecule has 3 heterocycles. The second-order valence-corrected chi connectivity index (χ2v) is 8.67. The second kappa shape index (κ2) is 10.7. The van der Waals surface area contributed by atoms with Gasteiger partial charge in [-0.2, -0.15) is 0 Å². The van der Waals surface area contributed by atoms with Gasteiger partial charge in [-0.25, -0.2) is 4.39 Å². The number of rotatable bonds is 6. The number of aromatic nitrogens is 1. The Balaban J connectivity index is 1.28. The summed E-state index contributed by atoms with van der Waals surface area (Å²) < 4.78 is 13.3. The number of nitrogens with zero attached hydrogens (tertiary/aromatic N) is 4. The van der Waals surface area contributed by atoms with Crippen LogP contribution in [0.4, 0.5) is 4.39 Å². The highest BCUT2D eigenvalue weighted by molar-refractivity contribution is 6.02. The lowest BCUT2D eigenvalue weighted by atomic mass is 9.87. The Kier molecular flexibility index (Phi) is 7.47. The average Bonchev–Trinajstić information content (AvgIpc) is 2.84. The Morgan fingerprint density at radius 1 is 1.00 bits per heavy atom. The maximum absolute atomic E-state index is 13.3. The predicted octanol–water partition coefficient (Wildman–Crippen LogP) is 3.72. The van der Waals surface area contributed by atoms with Crippen LogP contribution >= 0.6 is 0 Å². The van der Waals surface area contributed by atoms with Crippen molar-refractivity contribution < 1.29 is 14.0 Å². The Bertz CT molecular complexity index is 903. The normalized spacial score (nSPS) is 19.2. The molecule has 2 aromatic rings. The molecule has 6 nitrogen and oxygen atoms in total. The molecule has 2 aliphatic heterocycles. The highest BCUT2D eigenvalue weighted by atomic mass is 19.1. The Hall–Kier alpha value is -2.80. The molecule has 2 aliphatic rings. The third-order valence-electron chi connectivity index (χ3n) is 6.62. The highest BCUT2D eigenvalue weighted by Crippen LogP contribution is 2.27. The molecule has 2 saturated heterocycles. The zero-order valence-corrected chi connectivity index (χ0v) is 18.6. The molecular formula is C25H31FN4O2. The molecule has 1 aromatic carbocycles. The SMILES string of the molecule is CO/N=C(\c1ccc(F)cc1)C1CCN(C(=O)C2CCN(Cc3ccncc3)CC2)CC1. The van der Waals surface area contributed by atoms with E-state index in [0.717, 1.165) is 69.7 Å². The molecule has 4 rings (SSSR count). The van der Waals surface area contributed by atoms with Gasteiger partial charge in [0.1, 0.15) is 12.9 Å². The van der Waals surface area contributed by atoms with Crippen LogP contribution in [0.1, 0.15) is 36.8 Å². The number of carbonyl (C=O) groups is 1. The summed E-state index contributed by atoms with van der Waals surface area (Å²) in [6.07, 6.45) is 7.16. The molecular weight excluding hydrogens is 407 g/mol. The van der Waals surface area contributed by atoms with Crippen molar-refractivity contribution in [2.24, 2.45) is 17.0 Å². The van der Waals surface area contributed by atoms with E-state index in [0.29, 0.717) is 5.91 Å². The Labute approximate surface area is 189 Å². The zero-order chi connectivity index (χ0) is 22.3. The van der Waals surface area contributed by atoms with Crippen molar-refractivity contribution in [2.75, 3.05) is 33.3 Å². The van der Waals surface area contributed by atoms with Gasteiger partial charge in [-0.05, 0) is 74.2 Å². The summed E-state index contributed by atoms with van der Waals surface area (Å²) in [7, 11) is 1.53. The van der Waals surface area contributed by atoms with Crippen molar-refractivity contribution in [2.45, 2.75) is 32.2 Å². The molecule has 0 atom stereocenters. The van der Waals surface area contributed by atoms with E-state index in [1.54, 1.807) is 12.1 Å². The lowest BCUT2D eigenvalue weighted by Gasteiger charge is -2.37. The van der Waals surface area contributed by atoms with E-state index in [-0.39, 0.29) is 17.7 Å². The predicted molar refractivity (Wildman–Crippen MR) is 121 cm³/mol.